The van der Waals surface area contributed by atoms with Gasteiger partial charge in [0.05, 0.1) is 0 Å². The molecule has 0 N–H and O–H groups in total. The minimum Gasteiger partial charge on any atom is -0.303 e. The fourth-order valence-corrected chi connectivity index (χ4v) is 1.40. The number of carbonyl (C=O) groups excluding carboxylic acids is 1. The van der Waals surface area contributed by atoms with Crippen LogP contribution < -0.4 is 0 Å². The highest BCUT2D eigenvalue weighted by molar-refractivity contribution is 5.51. The molecule has 0 saturated heterocycles. The van der Waals surface area contributed by atoms with E-state index in [-0.39, 0.29) is 0 Å². The molecule has 0 amide bonds. The minimum atomic E-state index is 0.535. The molecule has 0 fully saturated rings. The van der Waals surface area contributed by atoms with Crippen molar-refractivity contribution >= 4 is 6.29 Å². The van der Waals surface area contributed by atoms with E-state index in [0.717, 1.165) is 19.1 Å². The molecule has 74 valence electrons. The molecule has 14 heavy (non-hydrogen) atoms. The monoisotopic (exact) mass is 188 g/mol. The van der Waals surface area contributed by atoms with Crippen LogP contribution in [-0.4, -0.2) is 6.29 Å². The highest BCUT2D eigenvalue weighted by Gasteiger charge is 1.93. The van der Waals surface area contributed by atoms with Crippen LogP contribution in [0.2, 0.25) is 0 Å². The van der Waals surface area contributed by atoms with E-state index in [1.807, 2.05) is 6.08 Å². The molecule has 0 saturated carbocycles. The highest BCUT2D eigenvalue weighted by Crippen LogP contribution is 2.09. The smallest absolute Gasteiger partial charge is 0.123 e. The first-order valence-electron chi connectivity index (χ1n) is 4.97. The van der Waals surface area contributed by atoms with E-state index >= 15 is 0 Å². The number of benzene rings is 1. The number of allylic oxidation sites excluding steroid dienone is 2. The summed E-state index contributed by atoms with van der Waals surface area (Å²) in [5, 5.41) is 0. The molecule has 0 aliphatic heterocycles. The molecule has 0 atom stereocenters. The van der Waals surface area contributed by atoms with Gasteiger partial charge in [0.2, 0.25) is 0 Å². The van der Waals surface area contributed by atoms with Gasteiger partial charge in [-0.15, -0.1) is 0 Å². The number of hydrogen-bond donors (Lipinski definition) is 0. The molecule has 1 aromatic carbocycles. The van der Waals surface area contributed by atoms with E-state index in [9.17, 15) is 4.79 Å². The van der Waals surface area contributed by atoms with E-state index in [1.54, 1.807) is 0 Å². The molecular weight excluding hydrogens is 172 g/mol. The summed E-state index contributed by atoms with van der Waals surface area (Å²) in [6.07, 6.45) is 7.52. The van der Waals surface area contributed by atoms with Gasteiger partial charge in [-0.25, -0.2) is 0 Å². The Hall–Kier alpha value is -1.37. The molecule has 0 heterocycles. The van der Waals surface area contributed by atoms with Crippen molar-refractivity contribution in [3.05, 3.63) is 47.5 Å². The van der Waals surface area contributed by atoms with Crippen LogP contribution in [0.15, 0.2) is 36.4 Å². The van der Waals surface area contributed by atoms with E-state index in [2.05, 4.69) is 37.3 Å². The van der Waals surface area contributed by atoms with Crippen molar-refractivity contribution in [2.24, 2.45) is 0 Å². The topological polar surface area (TPSA) is 17.1 Å². The van der Waals surface area contributed by atoms with E-state index < -0.39 is 0 Å². The van der Waals surface area contributed by atoms with Crippen molar-refractivity contribution in [3.63, 3.8) is 0 Å². The first-order chi connectivity index (χ1) is 6.84. The predicted molar refractivity (Wildman–Crippen MR) is 59.3 cm³/mol. The quantitative estimate of drug-likeness (QED) is 0.512. The number of rotatable bonds is 5. The van der Waals surface area contributed by atoms with Gasteiger partial charge < -0.3 is 4.79 Å². The molecule has 0 radical (unpaired) electrons. The Kier molecular flexibility index (Phi) is 4.70. The molecule has 1 rings (SSSR count). The normalized spacial score (nSPS) is 10.6. The van der Waals surface area contributed by atoms with Crippen LogP contribution in [0.3, 0.4) is 0 Å². The van der Waals surface area contributed by atoms with E-state index in [4.69, 9.17) is 0 Å². The van der Waals surface area contributed by atoms with Crippen LogP contribution in [0.4, 0.5) is 0 Å². The first-order valence-corrected chi connectivity index (χ1v) is 4.97. The molecule has 0 spiro atoms. The van der Waals surface area contributed by atoms with Gasteiger partial charge in [0, 0.05) is 6.42 Å². The molecule has 0 aliphatic carbocycles. The summed E-state index contributed by atoms with van der Waals surface area (Å²) >= 11 is 0. The fraction of sp³-hybridized carbons (Fsp3) is 0.308. The van der Waals surface area contributed by atoms with Crippen molar-refractivity contribution in [1.29, 1.82) is 0 Å². The number of aldehydes is 1. The van der Waals surface area contributed by atoms with Gasteiger partial charge in [0.25, 0.3) is 0 Å². The lowest BCUT2D eigenvalue weighted by Crippen LogP contribution is -1.87. The average molecular weight is 188 g/mol. The lowest BCUT2D eigenvalue weighted by atomic mass is 10.0. The van der Waals surface area contributed by atoms with Gasteiger partial charge in [-0.05, 0) is 30.9 Å². The van der Waals surface area contributed by atoms with Crippen LogP contribution >= 0.6 is 0 Å². The van der Waals surface area contributed by atoms with Crippen molar-refractivity contribution in [1.82, 2.24) is 0 Å². The molecule has 0 unspecified atom stereocenters. The van der Waals surface area contributed by atoms with Crippen LogP contribution in [0.1, 0.15) is 24.0 Å². The summed E-state index contributed by atoms with van der Waals surface area (Å²) in [4.78, 5) is 10.0. The second-order valence-electron chi connectivity index (χ2n) is 3.34. The zero-order valence-corrected chi connectivity index (χ0v) is 8.57. The minimum absolute atomic E-state index is 0.535. The summed E-state index contributed by atoms with van der Waals surface area (Å²) < 4.78 is 0. The van der Waals surface area contributed by atoms with Crippen LogP contribution in [0.5, 0.6) is 0 Å². The second-order valence-corrected chi connectivity index (χ2v) is 3.34. The second kappa shape index (κ2) is 6.14. The van der Waals surface area contributed by atoms with E-state index in [0.29, 0.717) is 6.42 Å². The van der Waals surface area contributed by atoms with Crippen molar-refractivity contribution in [2.75, 3.05) is 0 Å². The SMILES string of the molecule is Cc1ccccc1CCC=CCC=O. The zero-order valence-electron chi connectivity index (χ0n) is 8.57. The number of carbonyl (C=O) groups is 1. The third kappa shape index (κ3) is 3.56. The Bertz CT molecular complexity index is 313. The third-order valence-corrected chi connectivity index (χ3v) is 2.24. The maximum atomic E-state index is 10.0. The number of hydrogen-bond acceptors (Lipinski definition) is 1. The van der Waals surface area contributed by atoms with Gasteiger partial charge in [0.15, 0.2) is 0 Å². The Morgan fingerprint density at radius 3 is 2.71 bits per heavy atom. The fourth-order valence-electron chi connectivity index (χ4n) is 1.40. The number of aryl methyl sites for hydroxylation is 2. The van der Waals surface area contributed by atoms with Crippen LogP contribution in [0.25, 0.3) is 0 Å². The zero-order chi connectivity index (χ0) is 10.2. The first kappa shape index (κ1) is 10.7. The summed E-state index contributed by atoms with van der Waals surface area (Å²) in [5.74, 6) is 0. The van der Waals surface area contributed by atoms with Gasteiger partial charge in [-0.1, -0.05) is 36.4 Å². The summed E-state index contributed by atoms with van der Waals surface area (Å²) in [6, 6.07) is 8.41. The largest absolute Gasteiger partial charge is 0.303 e. The van der Waals surface area contributed by atoms with Gasteiger partial charge >= 0.3 is 0 Å². The maximum Gasteiger partial charge on any atom is 0.123 e. The Balaban J connectivity index is 2.38. The standard InChI is InChI=1S/C13H16O/c1-12-8-5-6-10-13(12)9-4-2-3-7-11-14/h2-3,5-6,8,10-11H,4,7,9H2,1H3. The van der Waals surface area contributed by atoms with Crippen LogP contribution in [0, 0.1) is 6.92 Å². The predicted octanol–water partition coefficient (Wildman–Crippen LogP) is 3.07. The lowest BCUT2D eigenvalue weighted by molar-refractivity contribution is -0.107. The third-order valence-electron chi connectivity index (χ3n) is 2.24. The Labute approximate surface area is 85.5 Å². The molecule has 1 aromatic rings. The average Bonchev–Trinajstić information content (AvgIpc) is 2.20. The highest BCUT2D eigenvalue weighted by atomic mass is 16.1. The van der Waals surface area contributed by atoms with Gasteiger partial charge in [-0.2, -0.15) is 0 Å². The maximum absolute atomic E-state index is 10.0. The summed E-state index contributed by atoms with van der Waals surface area (Å²) in [7, 11) is 0. The summed E-state index contributed by atoms with van der Waals surface area (Å²) in [5.41, 5.74) is 2.74. The van der Waals surface area contributed by atoms with Crippen LogP contribution in [-0.2, 0) is 11.2 Å². The molecular formula is C13H16O. The van der Waals surface area contributed by atoms with Gasteiger partial charge in [-0.3, -0.25) is 0 Å². The van der Waals surface area contributed by atoms with Crippen molar-refractivity contribution in [3.8, 4) is 0 Å². The van der Waals surface area contributed by atoms with E-state index in [1.165, 1.54) is 11.1 Å². The van der Waals surface area contributed by atoms with Crippen molar-refractivity contribution < 1.29 is 4.79 Å². The van der Waals surface area contributed by atoms with Gasteiger partial charge in [0.1, 0.15) is 6.29 Å². The molecule has 0 aromatic heterocycles. The summed E-state index contributed by atoms with van der Waals surface area (Å²) in [6.45, 7) is 2.13. The molecule has 1 heteroatoms. The molecule has 1 nitrogen and oxygen atoms in total. The molecule has 0 bridgehead atoms. The molecule has 0 aliphatic rings. The lowest BCUT2D eigenvalue weighted by Gasteiger charge is -2.02. The Morgan fingerprint density at radius 1 is 1.21 bits per heavy atom. The van der Waals surface area contributed by atoms with Crippen molar-refractivity contribution in [2.45, 2.75) is 26.2 Å². The Morgan fingerprint density at radius 2 is 2.00 bits per heavy atom.